The maximum Gasteiger partial charge on any atom is 0.187 e. The minimum absolute atomic E-state index is 0.0284. The zero-order valence-corrected chi connectivity index (χ0v) is 10.5. The molecule has 0 aliphatic rings. The van der Waals surface area contributed by atoms with Crippen LogP contribution in [-0.4, -0.2) is 15.0 Å². The van der Waals surface area contributed by atoms with Crippen molar-refractivity contribution in [1.29, 1.82) is 0 Å². The first kappa shape index (κ1) is 12.4. The molecular weight excluding hydrogens is 233 g/mol. The van der Waals surface area contributed by atoms with Gasteiger partial charge in [0.15, 0.2) is 17.5 Å². The highest BCUT2D eigenvalue weighted by Gasteiger charge is 2.14. The number of anilines is 1. The average molecular weight is 247 g/mol. The molecule has 2 heterocycles. The molecule has 2 aromatic heterocycles. The number of nitrogens with two attached hydrogens (primary N) is 1. The van der Waals surface area contributed by atoms with Gasteiger partial charge in [-0.05, 0) is 31.9 Å². The van der Waals surface area contributed by atoms with Crippen LogP contribution in [-0.2, 0) is 0 Å². The van der Waals surface area contributed by atoms with E-state index >= 15 is 0 Å². The van der Waals surface area contributed by atoms with Crippen LogP contribution in [0.3, 0.4) is 0 Å². The number of hydrogen-bond acceptors (Lipinski definition) is 5. The molecule has 18 heavy (non-hydrogen) atoms. The number of nitrogens with one attached hydrogen (secondary N) is 1. The fourth-order valence-corrected chi connectivity index (χ4v) is 1.71. The summed E-state index contributed by atoms with van der Waals surface area (Å²) < 4.78 is 13.6. The van der Waals surface area contributed by atoms with Crippen LogP contribution in [0.2, 0.25) is 0 Å². The number of nitrogen functional groups attached to an aromatic ring is 1. The van der Waals surface area contributed by atoms with Crippen molar-refractivity contribution in [3.8, 4) is 11.5 Å². The molecule has 0 radical (unpaired) electrons. The van der Waals surface area contributed by atoms with E-state index in [4.69, 9.17) is 5.84 Å². The van der Waals surface area contributed by atoms with Gasteiger partial charge in [-0.3, -0.25) is 4.98 Å². The number of hydrogen-bond donors (Lipinski definition) is 2. The quantitative estimate of drug-likeness (QED) is 0.626. The van der Waals surface area contributed by atoms with Gasteiger partial charge in [-0.15, -0.1) is 0 Å². The predicted octanol–water partition coefficient (Wildman–Crippen LogP) is 1.89. The van der Waals surface area contributed by atoms with Gasteiger partial charge < -0.3 is 5.43 Å². The third kappa shape index (κ3) is 2.14. The van der Waals surface area contributed by atoms with E-state index in [9.17, 15) is 4.39 Å². The summed E-state index contributed by atoms with van der Waals surface area (Å²) in [6.45, 7) is 5.42. The standard InChI is InChI=1S/C12H14FN5/c1-6-4-7(2)10(15-5-6)12-16-8(3)9(13)11(17-12)18-14/h4-5H,14H2,1-3H3,(H,16,17,18). The van der Waals surface area contributed by atoms with Gasteiger partial charge in [-0.2, -0.15) is 0 Å². The van der Waals surface area contributed by atoms with Gasteiger partial charge in [0.05, 0.1) is 5.69 Å². The van der Waals surface area contributed by atoms with Crippen molar-refractivity contribution in [2.24, 2.45) is 5.84 Å². The Bertz CT molecular complexity index is 597. The van der Waals surface area contributed by atoms with Gasteiger partial charge in [0, 0.05) is 6.20 Å². The van der Waals surface area contributed by atoms with Gasteiger partial charge in [0.1, 0.15) is 5.69 Å². The Labute approximate surface area is 104 Å². The Morgan fingerprint density at radius 2 is 1.94 bits per heavy atom. The van der Waals surface area contributed by atoms with E-state index in [2.05, 4.69) is 20.4 Å². The van der Waals surface area contributed by atoms with E-state index in [1.54, 1.807) is 13.1 Å². The van der Waals surface area contributed by atoms with E-state index in [1.807, 2.05) is 19.9 Å². The van der Waals surface area contributed by atoms with Crippen LogP contribution in [0.25, 0.3) is 11.5 Å². The molecule has 2 rings (SSSR count). The lowest BCUT2D eigenvalue weighted by Gasteiger charge is -2.08. The fourth-order valence-electron chi connectivity index (χ4n) is 1.71. The highest BCUT2D eigenvalue weighted by atomic mass is 19.1. The van der Waals surface area contributed by atoms with Gasteiger partial charge >= 0.3 is 0 Å². The number of aryl methyl sites for hydroxylation is 3. The normalized spacial score (nSPS) is 10.5. The van der Waals surface area contributed by atoms with Crippen LogP contribution in [0.15, 0.2) is 12.3 Å². The van der Waals surface area contributed by atoms with Gasteiger partial charge in [0.25, 0.3) is 0 Å². The number of halogens is 1. The summed E-state index contributed by atoms with van der Waals surface area (Å²) in [6, 6.07) is 1.97. The maximum absolute atomic E-state index is 13.6. The van der Waals surface area contributed by atoms with Crippen LogP contribution in [0, 0.1) is 26.6 Å². The Balaban J connectivity index is 2.60. The first-order valence-corrected chi connectivity index (χ1v) is 5.47. The summed E-state index contributed by atoms with van der Waals surface area (Å²) >= 11 is 0. The van der Waals surface area contributed by atoms with Crippen molar-refractivity contribution in [3.63, 3.8) is 0 Å². The van der Waals surface area contributed by atoms with Crippen molar-refractivity contribution in [1.82, 2.24) is 15.0 Å². The second-order valence-electron chi connectivity index (χ2n) is 4.12. The van der Waals surface area contributed by atoms with Gasteiger partial charge in [-0.25, -0.2) is 20.2 Å². The highest BCUT2D eigenvalue weighted by molar-refractivity contribution is 5.57. The molecule has 0 bridgehead atoms. The van der Waals surface area contributed by atoms with Gasteiger partial charge in [0.2, 0.25) is 0 Å². The zero-order valence-electron chi connectivity index (χ0n) is 10.5. The molecule has 0 saturated carbocycles. The van der Waals surface area contributed by atoms with Crippen LogP contribution >= 0.6 is 0 Å². The lowest BCUT2D eigenvalue weighted by Crippen LogP contribution is -2.13. The number of hydrazine groups is 1. The molecule has 6 heteroatoms. The zero-order chi connectivity index (χ0) is 13.3. The molecule has 0 aliphatic carbocycles. The van der Waals surface area contributed by atoms with Crippen LogP contribution in [0.4, 0.5) is 10.2 Å². The Morgan fingerprint density at radius 3 is 2.56 bits per heavy atom. The summed E-state index contributed by atoms with van der Waals surface area (Å²) in [7, 11) is 0. The summed E-state index contributed by atoms with van der Waals surface area (Å²) in [5.74, 6) is 5.01. The Kier molecular flexibility index (Phi) is 3.20. The largest absolute Gasteiger partial charge is 0.306 e. The Morgan fingerprint density at radius 1 is 1.22 bits per heavy atom. The van der Waals surface area contributed by atoms with E-state index in [-0.39, 0.29) is 11.5 Å². The molecule has 0 spiro atoms. The summed E-state index contributed by atoms with van der Waals surface area (Å²) in [4.78, 5) is 12.4. The number of rotatable bonds is 2. The molecule has 5 nitrogen and oxygen atoms in total. The minimum atomic E-state index is -0.550. The maximum atomic E-state index is 13.6. The van der Waals surface area contributed by atoms with Crippen molar-refractivity contribution < 1.29 is 4.39 Å². The van der Waals surface area contributed by atoms with E-state index in [1.165, 1.54) is 0 Å². The first-order chi connectivity index (χ1) is 8.52. The number of pyridine rings is 1. The van der Waals surface area contributed by atoms with E-state index in [0.29, 0.717) is 11.5 Å². The minimum Gasteiger partial charge on any atom is -0.306 e. The molecule has 3 N–H and O–H groups in total. The molecule has 0 unspecified atom stereocenters. The Hall–Kier alpha value is -2.08. The molecule has 94 valence electrons. The topological polar surface area (TPSA) is 76.7 Å². The lowest BCUT2D eigenvalue weighted by molar-refractivity contribution is 0.606. The van der Waals surface area contributed by atoms with Gasteiger partial charge in [-0.1, -0.05) is 6.07 Å². The lowest BCUT2D eigenvalue weighted by atomic mass is 10.1. The smallest absolute Gasteiger partial charge is 0.187 e. The number of nitrogens with zero attached hydrogens (tertiary/aromatic N) is 3. The average Bonchev–Trinajstić information content (AvgIpc) is 2.32. The second-order valence-corrected chi connectivity index (χ2v) is 4.12. The molecule has 0 saturated heterocycles. The summed E-state index contributed by atoms with van der Waals surface area (Å²) in [5, 5.41) is 0. The predicted molar refractivity (Wildman–Crippen MR) is 67.2 cm³/mol. The van der Waals surface area contributed by atoms with Crippen molar-refractivity contribution >= 4 is 5.82 Å². The molecular formula is C12H14FN5. The molecule has 2 aromatic rings. The highest BCUT2D eigenvalue weighted by Crippen LogP contribution is 2.22. The van der Waals surface area contributed by atoms with Crippen LogP contribution in [0.5, 0.6) is 0 Å². The van der Waals surface area contributed by atoms with E-state index < -0.39 is 5.82 Å². The summed E-state index contributed by atoms with van der Waals surface area (Å²) in [6.07, 6.45) is 1.72. The van der Waals surface area contributed by atoms with Crippen LogP contribution < -0.4 is 11.3 Å². The fraction of sp³-hybridized carbons (Fsp3) is 0.250. The molecule has 0 atom stereocenters. The van der Waals surface area contributed by atoms with E-state index in [0.717, 1.165) is 11.1 Å². The van der Waals surface area contributed by atoms with Crippen molar-refractivity contribution in [3.05, 3.63) is 34.9 Å². The monoisotopic (exact) mass is 247 g/mol. The molecule has 0 aromatic carbocycles. The first-order valence-electron chi connectivity index (χ1n) is 5.47. The summed E-state index contributed by atoms with van der Waals surface area (Å²) in [5.41, 5.74) is 5.06. The molecule has 0 amide bonds. The van der Waals surface area contributed by atoms with Crippen molar-refractivity contribution in [2.45, 2.75) is 20.8 Å². The third-order valence-electron chi connectivity index (χ3n) is 2.58. The number of aromatic nitrogens is 3. The molecule has 0 fully saturated rings. The second kappa shape index (κ2) is 4.66. The van der Waals surface area contributed by atoms with Crippen molar-refractivity contribution in [2.75, 3.05) is 5.43 Å². The third-order valence-corrected chi connectivity index (χ3v) is 2.58. The molecule has 0 aliphatic heterocycles. The van der Waals surface area contributed by atoms with Crippen LogP contribution in [0.1, 0.15) is 16.8 Å². The SMILES string of the molecule is Cc1cnc(-c2nc(C)c(F)c(NN)n2)c(C)c1.